The van der Waals surface area contributed by atoms with Crippen LogP contribution in [0.1, 0.15) is 18.1 Å². The largest absolute Gasteiger partial charge is 0.454 e. The standard InChI is InChI=1S/C25H23FN4O3/c1-3-30(24-18(15-27)5-4-12-28-24)19-8-11-23(22(26)14-19)33-21-9-6-17(7-10-21)13-20-16-32-25(31)29(20)2/h4-12,14,20H,3,13,16H2,1-2H3/t20-/m0/s1. The number of carbonyl (C=O) groups is 1. The summed E-state index contributed by atoms with van der Waals surface area (Å²) in [6.45, 7) is 2.79. The molecular formula is C25H23FN4O3. The van der Waals surface area contributed by atoms with E-state index < -0.39 is 5.82 Å². The summed E-state index contributed by atoms with van der Waals surface area (Å²) in [4.78, 5) is 19.1. The van der Waals surface area contributed by atoms with Crippen molar-refractivity contribution in [3.8, 4) is 17.6 Å². The number of halogens is 1. The Hall–Kier alpha value is -4.12. The molecule has 3 aromatic rings. The smallest absolute Gasteiger partial charge is 0.409 e. The first-order valence-corrected chi connectivity index (χ1v) is 10.6. The minimum atomic E-state index is -0.521. The average Bonchev–Trinajstić information content (AvgIpc) is 3.15. The number of hydrogen-bond donors (Lipinski definition) is 0. The van der Waals surface area contributed by atoms with E-state index in [2.05, 4.69) is 11.1 Å². The lowest BCUT2D eigenvalue weighted by Crippen LogP contribution is -2.30. The molecule has 1 aliphatic heterocycles. The van der Waals surface area contributed by atoms with Crippen molar-refractivity contribution in [1.29, 1.82) is 5.26 Å². The maximum absolute atomic E-state index is 14.9. The van der Waals surface area contributed by atoms with Crippen molar-refractivity contribution in [2.45, 2.75) is 19.4 Å². The van der Waals surface area contributed by atoms with Crippen molar-refractivity contribution < 1.29 is 18.7 Å². The van der Waals surface area contributed by atoms with Gasteiger partial charge in [-0.2, -0.15) is 5.26 Å². The summed E-state index contributed by atoms with van der Waals surface area (Å²) in [5, 5.41) is 9.36. The highest BCUT2D eigenvalue weighted by Crippen LogP contribution is 2.32. The highest BCUT2D eigenvalue weighted by atomic mass is 19.1. The third kappa shape index (κ3) is 4.72. The molecule has 33 heavy (non-hydrogen) atoms. The van der Waals surface area contributed by atoms with E-state index in [1.807, 2.05) is 19.1 Å². The van der Waals surface area contributed by atoms with Crippen molar-refractivity contribution >= 4 is 17.6 Å². The molecule has 2 aromatic carbocycles. The molecule has 4 rings (SSSR count). The van der Waals surface area contributed by atoms with Gasteiger partial charge in [-0.3, -0.25) is 0 Å². The lowest BCUT2D eigenvalue weighted by Gasteiger charge is -2.23. The van der Waals surface area contributed by atoms with Crippen molar-refractivity contribution in [3.05, 3.63) is 77.7 Å². The van der Waals surface area contributed by atoms with Crippen LogP contribution in [0.4, 0.5) is 20.7 Å². The van der Waals surface area contributed by atoms with Crippen LogP contribution in [-0.4, -0.2) is 42.2 Å². The fraction of sp³-hybridized carbons (Fsp3) is 0.240. The maximum atomic E-state index is 14.9. The quantitative estimate of drug-likeness (QED) is 0.506. The molecule has 8 heteroatoms. The van der Waals surface area contributed by atoms with E-state index in [1.165, 1.54) is 6.07 Å². The molecule has 1 saturated heterocycles. The van der Waals surface area contributed by atoms with Gasteiger partial charge in [-0.05, 0) is 55.3 Å². The van der Waals surface area contributed by atoms with E-state index in [9.17, 15) is 14.4 Å². The minimum absolute atomic E-state index is 0.00331. The molecule has 1 fully saturated rings. The van der Waals surface area contributed by atoms with Gasteiger partial charge in [0, 0.05) is 31.5 Å². The summed E-state index contributed by atoms with van der Waals surface area (Å²) >= 11 is 0. The third-order valence-corrected chi connectivity index (χ3v) is 5.56. The summed E-state index contributed by atoms with van der Waals surface area (Å²) in [7, 11) is 1.72. The van der Waals surface area contributed by atoms with E-state index >= 15 is 0 Å². The zero-order chi connectivity index (χ0) is 23.4. The SMILES string of the molecule is CCN(c1ccc(Oc2ccc(C[C@H]3COC(=O)N3C)cc2)c(F)c1)c1ncccc1C#N. The first kappa shape index (κ1) is 22.1. The van der Waals surface area contributed by atoms with E-state index in [0.29, 0.717) is 42.4 Å². The zero-order valence-electron chi connectivity index (χ0n) is 18.4. The maximum Gasteiger partial charge on any atom is 0.409 e. The number of nitriles is 1. The second-order valence-corrected chi connectivity index (χ2v) is 7.64. The van der Waals surface area contributed by atoms with Gasteiger partial charge >= 0.3 is 6.09 Å². The summed E-state index contributed by atoms with van der Waals surface area (Å²) in [5.74, 6) is 0.554. The van der Waals surface area contributed by atoms with Gasteiger partial charge in [0.2, 0.25) is 0 Å². The lowest BCUT2D eigenvalue weighted by molar-refractivity contribution is 0.163. The number of anilines is 2. The predicted octanol–water partition coefficient (Wildman–Crippen LogP) is 5.04. The number of amides is 1. The molecule has 168 valence electrons. The topological polar surface area (TPSA) is 78.7 Å². The van der Waals surface area contributed by atoms with Crippen LogP contribution in [0, 0.1) is 17.1 Å². The van der Waals surface area contributed by atoms with Gasteiger partial charge in [-0.25, -0.2) is 14.2 Å². The van der Waals surface area contributed by atoms with Gasteiger partial charge in [-0.1, -0.05) is 12.1 Å². The molecule has 0 aliphatic carbocycles. The summed E-state index contributed by atoms with van der Waals surface area (Å²) in [5.41, 5.74) is 2.01. The Kier molecular flexibility index (Phi) is 6.41. The Morgan fingerprint density at radius 2 is 2.06 bits per heavy atom. The van der Waals surface area contributed by atoms with E-state index in [4.69, 9.17) is 9.47 Å². The average molecular weight is 446 g/mol. The number of pyridine rings is 1. The molecular weight excluding hydrogens is 423 g/mol. The number of nitrogens with zero attached hydrogens (tertiary/aromatic N) is 4. The van der Waals surface area contributed by atoms with Gasteiger partial charge < -0.3 is 19.3 Å². The summed E-state index contributed by atoms with van der Waals surface area (Å²) in [6.07, 6.45) is 1.95. The molecule has 0 bridgehead atoms. The molecule has 0 N–H and O–H groups in total. The highest BCUT2D eigenvalue weighted by molar-refractivity contribution is 5.69. The number of carbonyl (C=O) groups excluding carboxylic acids is 1. The first-order chi connectivity index (χ1) is 16.0. The van der Waals surface area contributed by atoms with E-state index in [0.717, 1.165) is 5.56 Å². The van der Waals surface area contributed by atoms with Crippen LogP contribution in [0.3, 0.4) is 0 Å². The van der Waals surface area contributed by atoms with Gasteiger partial charge in [0.25, 0.3) is 0 Å². The molecule has 0 radical (unpaired) electrons. The fourth-order valence-electron chi connectivity index (χ4n) is 3.71. The van der Waals surface area contributed by atoms with E-state index in [-0.39, 0.29) is 17.9 Å². The zero-order valence-corrected chi connectivity index (χ0v) is 18.4. The molecule has 1 aliphatic rings. The lowest BCUT2D eigenvalue weighted by atomic mass is 10.1. The van der Waals surface area contributed by atoms with Crippen LogP contribution < -0.4 is 9.64 Å². The number of cyclic esters (lactones) is 1. The van der Waals surface area contributed by atoms with Crippen LogP contribution in [0.25, 0.3) is 0 Å². The van der Waals surface area contributed by atoms with Crippen molar-refractivity contribution in [3.63, 3.8) is 0 Å². The first-order valence-electron chi connectivity index (χ1n) is 10.6. The Labute approximate surface area is 191 Å². The Bertz CT molecular complexity index is 1190. The van der Waals surface area contributed by atoms with Crippen LogP contribution in [0.2, 0.25) is 0 Å². The monoisotopic (exact) mass is 446 g/mol. The molecule has 2 heterocycles. The van der Waals surface area contributed by atoms with E-state index in [1.54, 1.807) is 59.4 Å². The molecule has 0 saturated carbocycles. The normalized spacial score (nSPS) is 15.2. The number of rotatable bonds is 7. The molecule has 1 amide bonds. The highest BCUT2D eigenvalue weighted by Gasteiger charge is 2.29. The van der Waals surface area contributed by atoms with Gasteiger partial charge in [0.1, 0.15) is 18.4 Å². The number of likely N-dealkylation sites (N-methyl/N-ethyl adjacent to an activating group) is 1. The Balaban J connectivity index is 1.47. The van der Waals surface area contributed by atoms with Crippen molar-refractivity contribution in [2.75, 3.05) is 25.1 Å². The fourth-order valence-corrected chi connectivity index (χ4v) is 3.71. The second-order valence-electron chi connectivity index (χ2n) is 7.64. The Morgan fingerprint density at radius 1 is 1.27 bits per heavy atom. The van der Waals surface area contributed by atoms with Gasteiger partial charge in [0.15, 0.2) is 17.4 Å². The second kappa shape index (κ2) is 9.57. The Morgan fingerprint density at radius 3 is 2.70 bits per heavy atom. The molecule has 1 atom stereocenters. The number of aromatic nitrogens is 1. The molecule has 0 spiro atoms. The molecule has 1 aromatic heterocycles. The van der Waals surface area contributed by atoms with Gasteiger partial charge in [-0.15, -0.1) is 0 Å². The van der Waals surface area contributed by atoms with Crippen LogP contribution in [-0.2, 0) is 11.2 Å². The van der Waals surface area contributed by atoms with Crippen LogP contribution in [0.5, 0.6) is 11.5 Å². The van der Waals surface area contributed by atoms with Crippen molar-refractivity contribution in [1.82, 2.24) is 9.88 Å². The van der Waals surface area contributed by atoms with Crippen molar-refractivity contribution in [2.24, 2.45) is 0 Å². The minimum Gasteiger partial charge on any atom is -0.454 e. The molecule has 0 unspecified atom stereocenters. The number of benzene rings is 2. The van der Waals surface area contributed by atoms with Crippen LogP contribution in [0.15, 0.2) is 60.8 Å². The number of hydrogen-bond acceptors (Lipinski definition) is 6. The summed E-state index contributed by atoms with van der Waals surface area (Å²) < 4.78 is 25.7. The third-order valence-electron chi connectivity index (χ3n) is 5.56. The van der Waals surface area contributed by atoms with Crippen LogP contribution >= 0.6 is 0 Å². The summed E-state index contributed by atoms with van der Waals surface area (Å²) in [6, 6.07) is 17.5. The predicted molar refractivity (Wildman–Crippen MR) is 121 cm³/mol. The van der Waals surface area contributed by atoms with Gasteiger partial charge in [0.05, 0.1) is 11.6 Å². The number of ether oxygens (including phenoxy) is 2. The molecule has 7 nitrogen and oxygen atoms in total.